The Morgan fingerprint density at radius 3 is 2.62 bits per heavy atom. The molecule has 2 aliphatic heterocycles. The molecule has 144 valence electrons. The molecule has 0 bridgehead atoms. The molecule has 2 saturated heterocycles. The van der Waals surface area contributed by atoms with E-state index in [0.717, 1.165) is 70.9 Å². The van der Waals surface area contributed by atoms with Crippen LogP contribution < -0.4 is 5.32 Å². The zero-order valence-corrected chi connectivity index (χ0v) is 16.1. The number of amides is 1. The lowest BCUT2D eigenvalue weighted by molar-refractivity contribution is 0.00158. The van der Waals surface area contributed by atoms with E-state index < -0.39 is 0 Å². The van der Waals surface area contributed by atoms with Crippen molar-refractivity contribution in [1.82, 2.24) is 14.8 Å². The van der Waals surface area contributed by atoms with Crippen LogP contribution in [0.5, 0.6) is 0 Å². The summed E-state index contributed by atoms with van der Waals surface area (Å²) < 4.78 is 5.44. The number of likely N-dealkylation sites (tertiary alicyclic amines) is 1. The quantitative estimate of drug-likeness (QED) is 0.845. The molecular formula is C20H32N4O2. The van der Waals surface area contributed by atoms with Gasteiger partial charge in [0, 0.05) is 44.5 Å². The molecule has 2 fully saturated rings. The number of pyridine rings is 1. The molecule has 1 atom stereocenters. The minimum atomic E-state index is 0.103. The van der Waals surface area contributed by atoms with Gasteiger partial charge in [-0.15, -0.1) is 0 Å². The minimum absolute atomic E-state index is 0.103. The van der Waals surface area contributed by atoms with Gasteiger partial charge in [0.25, 0.3) is 5.91 Å². The molecule has 26 heavy (non-hydrogen) atoms. The average Bonchev–Trinajstić information content (AvgIpc) is 2.69. The predicted octanol–water partition coefficient (Wildman–Crippen LogP) is 2.62. The van der Waals surface area contributed by atoms with Gasteiger partial charge in [0.15, 0.2) is 0 Å². The maximum Gasteiger partial charge on any atom is 0.255 e. The van der Waals surface area contributed by atoms with E-state index in [9.17, 15) is 4.79 Å². The van der Waals surface area contributed by atoms with Gasteiger partial charge in [-0.25, -0.2) is 4.98 Å². The van der Waals surface area contributed by atoms with Crippen molar-refractivity contribution in [3.63, 3.8) is 0 Å². The number of ether oxygens (including phenoxy) is 1. The van der Waals surface area contributed by atoms with Gasteiger partial charge in [-0.1, -0.05) is 13.3 Å². The van der Waals surface area contributed by atoms with E-state index in [-0.39, 0.29) is 5.91 Å². The van der Waals surface area contributed by atoms with Crippen LogP contribution in [0.3, 0.4) is 0 Å². The van der Waals surface area contributed by atoms with Crippen molar-refractivity contribution in [2.75, 3.05) is 44.7 Å². The first-order valence-corrected chi connectivity index (χ1v) is 10.0. The molecule has 1 aromatic rings. The summed E-state index contributed by atoms with van der Waals surface area (Å²) in [6.07, 6.45) is 6.06. The topological polar surface area (TPSA) is 57.7 Å². The number of aromatic nitrogens is 1. The highest BCUT2D eigenvalue weighted by Crippen LogP contribution is 2.20. The zero-order valence-electron chi connectivity index (χ0n) is 16.1. The highest BCUT2D eigenvalue weighted by atomic mass is 16.5. The van der Waals surface area contributed by atoms with E-state index in [1.165, 1.54) is 0 Å². The molecule has 0 spiro atoms. The van der Waals surface area contributed by atoms with E-state index in [0.29, 0.717) is 17.6 Å². The second-order valence-electron chi connectivity index (χ2n) is 7.44. The fraction of sp³-hybridized carbons (Fsp3) is 0.700. The molecule has 3 heterocycles. The van der Waals surface area contributed by atoms with Gasteiger partial charge >= 0.3 is 0 Å². The van der Waals surface area contributed by atoms with Gasteiger partial charge in [-0.3, -0.25) is 9.69 Å². The highest BCUT2D eigenvalue weighted by molar-refractivity contribution is 5.94. The van der Waals surface area contributed by atoms with Crippen LogP contribution in [0.1, 0.15) is 49.9 Å². The molecule has 1 amide bonds. The molecule has 0 aromatic carbocycles. The SMILES string of the molecule is CCC[C@@H](C)Nc1ccc(C(=O)N2CCC(N3CCOCC3)CC2)cn1. The van der Waals surface area contributed by atoms with Crippen molar-refractivity contribution in [3.8, 4) is 0 Å². The number of rotatable bonds is 6. The number of carbonyl (C=O) groups excluding carboxylic acids is 1. The third-order valence-corrected chi connectivity index (χ3v) is 5.44. The second-order valence-corrected chi connectivity index (χ2v) is 7.44. The maximum absolute atomic E-state index is 12.8. The Bertz CT molecular complexity index is 564. The van der Waals surface area contributed by atoms with E-state index in [1.807, 2.05) is 17.0 Å². The Morgan fingerprint density at radius 1 is 1.27 bits per heavy atom. The standard InChI is InChI=1S/C20H32N4O2/c1-3-4-16(2)22-19-6-5-17(15-21-19)20(25)24-9-7-18(8-10-24)23-11-13-26-14-12-23/h5-6,15-16,18H,3-4,7-14H2,1-2H3,(H,21,22)/t16-/m1/s1. The van der Waals surface area contributed by atoms with Crippen LogP contribution in [0.2, 0.25) is 0 Å². The summed E-state index contributed by atoms with van der Waals surface area (Å²) >= 11 is 0. The van der Waals surface area contributed by atoms with Gasteiger partial charge in [-0.05, 0) is 38.3 Å². The summed E-state index contributed by atoms with van der Waals surface area (Å²) in [4.78, 5) is 21.7. The predicted molar refractivity (Wildman–Crippen MR) is 104 cm³/mol. The lowest BCUT2D eigenvalue weighted by Crippen LogP contribution is -2.50. The van der Waals surface area contributed by atoms with Crippen LogP contribution in [0.25, 0.3) is 0 Å². The number of morpholine rings is 1. The van der Waals surface area contributed by atoms with Gasteiger partial charge in [-0.2, -0.15) is 0 Å². The summed E-state index contributed by atoms with van der Waals surface area (Å²) in [5.41, 5.74) is 0.684. The number of hydrogen-bond acceptors (Lipinski definition) is 5. The van der Waals surface area contributed by atoms with Crippen LogP contribution in [0, 0.1) is 0 Å². The third kappa shape index (κ3) is 4.95. The summed E-state index contributed by atoms with van der Waals surface area (Å²) in [5, 5.41) is 3.38. The number of nitrogens with one attached hydrogen (secondary N) is 1. The van der Waals surface area contributed by atoms with E-state index in [1.54, 1.807) is 6.20 Å². The van der Waals surface area contributed by atoms with E-state index in [2.05, 4.69) is 29.0 Å². The van der Waals surface area contributed by atoms with Crippen molar-refractivity contribution >= 4 is 11.7 Å². The minimum Gasteiger partial charge on any atom is -0.379 e. The summed E-state index contributed by atoms with van der Waals surface area (Å²) in [6, 6.07) is 4.80. The maximum atomic E-state index is 12.8. The Kier molecular flexibility index (Phi) is 6.86. The molecule has 6 nitrogen and oxygen atoms in total. The van der Waals surface area contributed by atoms with Crippen molar-refractivity contribution in [3.05, 3.63) is 23.9 Å². The number of anilines is 1. The molecule has 0 unspecified atom stereocenters. The van der Waals surface area contributed by atoms with Crippen molar-refractivity contribution in [1.29, 1.82) is 0 Å². The van der Waals surface area contributed by atoms with Gasteiger partial charge in [0.1, 0.15) is 5.82 Å². The first kappa shape index (κ1) is 19.1. The van der Waals surface area contributed by atoms with Gasteiger partial charge < -0.3 is 15.0 Å². The smallest absolute Gasteiger partial charge is 0.255 e. The van der Waals surface area contributed by atoms with Crippen LogP contribution in [-0.2, 0) is 4.74 Å². The number of hydrogen-bond donors (Lipinski definition) is 1. The van der Waals surface area contributed by atoms with Crippen molar-refractivity contribution in [2.45, 2.75) is 51.6 Å². The summed E-state index contributed by atoms with van der Waals surface area (Å²) in [7, 11) is 0. The molecule has 1 N–H and O–H groups in total. The normalized spacial score (nSPS) is 20.8. The highest BCUT2D eigenvalue weighted by Gasteiger charge is 2.28. The van der Waals surface area contributed by atoms with Crippen molar-refractivity contribution < 1.29 is 9.53 Å². The lowest BCUT2D eigenvalue weighted by Gasteiger charge is -2.40. The first-order chi connectivity index (χ1) is 12.7. The second kappa shape index (κ2) is 9.33. The van der Waals surface area contributed by atoms with Gasteiger partial charge in [0.05, 0.1) is 18.8 Å². The Labute approximate surface area is 156 Å². The third-order valence-electron chi connectivity index (χ3n) is 5.44. The molecule has 2 aliphatic rings. The lowest BCUT2D eigenvalue weighted by atomic mass is 10.0. The number of nitrogens with zero attached hydrogens (tertiary/aromatic N) is 3. The molecule has 0 aliphatic carbocycles. The van der Waals surface area contributed by atoms with Crippen LogP contribution in [-0.4, -0.2) is 72.2 Å². The van der Waals surface area contributed by atoms with Gasteiger partial charge in [0.2, 0.25) is 0 Å². The Hall–Kier alpha value is -1.66. The number of piperidine rings is 1. The van der Waals surface area contributed by atoms with Crippen LogP contribution in [0.4, 0.5) is 5.82 Å². The summed E-state index contributed by atoms with van der Waals surface area (Å²) in [6.45, 7) is 9.70. The van der Waals surface area contributed by atoms with Crippen LogP contribution >= 0.6 is 0 Å². The Balaban J connectivity index is 1.50. The van der Waals surface area contributed by atoms with Crippen molar-refractivity contribution in [2.24, 2.45) is 0 Å². The molecule has 1 aromatic heterocycles. The fourth-order valence-corrected chi connectivity index (χ4v) is 3.92. The molecule has 0 radical (unpaired) electrons. The Morgan fingerprint density at radius 2 is 2.00 bits per heavy atom. The molecule has 3 rings (SSSR count). The molecular weight excluding hydrogens is 328 g/mol. The number of carbonyl (C=O) groups is 1. The average molecular weight is 361 g/mol. The molecule has 0 saturated carbocycles. The van der Waals surface area contributed by atoms with E-state index >= 15 is 0 Å². The first-order valence-electron chi connectivity index (χ1n) is 10.0. The van der Waals surface area contributed by atoms with Crippen LogP contribution in [0.15, 0.2) is 18.3 Å². The zero-order chi connectivity index (χ0) is 18.4. The largest absolute Gasteiger partial charge is 0.379 e. The van der Waals surface area contributed by atoms with E-state index in [4.69, 9.17) is 4.74 Å². The molecule has 6 heteroatoms. The monoisotopic (exact) mass is 360 g/mol. The summed E-state index contributed by atoms with van der Waals surface area (Å²) in [5.74, 6) is 0.944. The fourth-order valence-electron chi connectivity index (χ4n) is 3.92.